The van der Waals surface area contributed by atoms with Gasteiger partial charge < -0.3 is 0 Å². The molecule has 9 heteroatoms. The number of benzene rings is 1. The van der Waals surface area contributed by atoms with Crippen LogP contribution in [0, 0.1) is 12.7 Å². The fourth-order valence-corrected chi connectivity index (χ4v) is 2.64. The largest absolute Gasteiger partial charge is 0.299 e. The molecule has 0 aliphatic carbocycles. The van der Waals surface area contributed by atoms with Crippen LogP contribution in [0.4, 0.5) is 10.1 Å². The molecule has 0 atom stereocenters. The molecule has 0 aliphatic heterocycles. The Kier molecular flexibility index (Phi) is 3.05. The second kappa shape index (κ2) is 4.77. The van der Waals surface area contributed by atoms with Crippen LogP contribution in [-0.2, 0) is 10.0 Å². The summed E-state index contributed by atoms with van der Waals surface area (Å²) in [6.07, 6.45) is 1.55. The van der Waals surface area contributed by atoms with E-state index >= 15 is 0 Å². The summed E-state index contributed by atoms with van der Waals surface area (Å²) in [4.78, 5) is 7.90. The number of para-hydroxylation sites is 1. The van der Waals surface area contributed by atoms with E-state index in [2.05, 4.69) is 19.8 Å². The number of sulfonamides is 1. The van der Waals surface area contributed by atoms with Gasteiger partial charge in [-0.2, -0.15) is 13.4 Å². The summed E-state index contributed by atoms with van der Waals surface area (Å²) in [5.74, 6) is -0.525. The molecule has 0 bridgehead atoms. The molecule has 108 valence electrons. The Labute approximate surface area is 119 Å². The molecule has 1 N–H and O–H groups in total. The standard InChI is InChI=1S/C12H10FN5O2S/c1-8-6-7-18-11(14-8)15-12(16-18)21(19,20)17-10-5-3-2-4-9(10)13/h2-7,17H,1H3. The van der Waals surface area contributed by atoms with E-state index in [1.54, 1.807) is 19.2 Å². The highest BCUT2D eigenvalue weighted by molar-refractivity contribution is 7.92. The lowest BCUT2D eigenvalue weighted by Gasteiger charge is -2.05. The Morgan fingerprint density at radius 3 is 2.71 bits per heavy atom. The smallest absolute Gasteiger partial charge is 0.274 e. The third kappa shape index (κ3) is 2.55. The number of rotatable bonds is 3. The Morgan fingerprint density at radius 2 is 1.95 bits per heavy atom. The van der Waals surface area contributed by atoms with Crippen LogP contribution in [0.2, 0.25) is 0 Å². The molecule has 0 aliphatic rings. The van der Waals surface area contributed by atoms with Gasteiger partial charge in [0.1, 0.15) is 5.82 Å². The van der Waals surface area contributed by atoms with Crippen molar-refractivity contribution in [2.75, 3.05) is 4.72 Å². The van der Waals surface area contributed by atoms with Crippen LogP contribution in [0.25, 0.3) is 5.78 Å². The molecule has 3 rings (SSSR count). The fourth-order valence-electron chi connectivity index (χ4n) is 1.69. The molecule has 1 aromatic carbocycles. The van der Waals surface area contributed by atoms with Gasteiger partial charge in [0.15, 0.2) is 0 Å². The molecule has 21 heavy (non-hydrogen) atoms. The van der Waals surface area contributed by atoms with Crippen LogP contribution < -0.4 is 4.72 Å². The van der Waals surface area contributed by atoms with E-state index in [0.29, 0.717) is 5.69 Å². The quantitative estimate of drug-likeness (QED) is 0.789. The summed E-state index contributed by atoms with van der Waals surface area (Å²) in [7, 11) is -4.08. The molecule has 0 fully saturated rings. The van der Waals surface area contributed by atoms with Crippen molar-refractivity contribution >= 4 is 21.5 Å². The van der Waals surface area contributed by atoms with Gasteiger partial charge in [0.2, 0.25) is 0 Å². The maximum atomic E-state index is 13.5. The monoisotopic (exact) mass is 307 g/mol. The molecule has 0 spiro atoms. The number of aromatic nitrogens is 4. The van der Waals surface area contributed by atoms with Crippen molar-refractivity contribution in [3.05, 3.63) is 48.0 Å². The van der Waals surface area contributed by atoms with Gasteiger partial charge in [-0.15, -0.1) is 5.10 Å². The third-order valence-electron chi connectivity index (χ3n) is 2.69. The Balaban J connectivity index is 2.02. The first-order chi connectivity index (χ1) is 9.95. The first-order valence-corrected chi connectivity index (χ1v) is 7.41. The molecule has 2 heterocycles. The average molecular weight is 307 g/mol. The number of nitrogens with one attached hydrogen (secondary N) is 1. The zero-order chi connectivity index (χ0) is 15.0. The zero-order valence-electron chi connectivity index (χ0n) is 10.9. The molecule has 3 aromatic rings. The van der Waals surface area contributed by atoms with E-state index in [9.17, 15) is 12.8 Å². The van der Waals surface area contributed by atoms with Crippen molar-refractivity contribution in [3.63, 3.8) is 0 Å². The predicted molar refractivity (Wildman–Crippen MR) is 72.7 cm³/mol. The van der Waals surface area contributed by atoms with Gasteiger partial charge in [-0.1, -0.05) is 12.1 Å². The van der Waals surface area contributed by atoms with Gasteiger partial charge in [0.05, 0.1) is 5.69 Å². The van der Waals surface area contributed by atoms with Crippen molar-refractivity contribution in [1.82, 2.24) is 19.6 Å². The minimum atomic E-state index is -4.08. The van der Waals surface area contributed by atoms with Crippen LogP contribution in [0.3, 0.4) is 0 Å². The molecule has 0 radical (unpaired) electrons. The van der Waals surface area contributed by atoms with E-state index < -0.39 is 21.0 Å². The third-order valence-corrected chi connectivity index (χ3v) is 3.83. The lowest BCUT2D eigenvalue weighted by atomic mass is 10.3. The number of hydrogen-bond donors (Lipinski definition) is 1. The highest BCUT2D eigenvalue weighted by Gasteiger charge is 2.22. The zero-order valence-corrected chi connectivity index (χ0v) is 11.7. The van der Waals surface area contributed by atoms with E-state index in [0.717, 1.165) is 6.07 Å². The van der Waals surface area contributed by atoms with Crippen LogP contribution in [0.15, 0.2) is 41.7 Å². The van der Waals surface area contributed by atoms with E-state index in [1.807, 2.05) is 0 Å². The molecular weight excluding hydrogens is 297 g/mol. The molecule has 2 aromatic heterocycles. The number of aryl methyl sites for hydroxylation is 1. The highest BCUT2D eigenvalue weighted by Crippen LogP contribution is 2.17. The van der Waals surface area contributed by atoms with Crippen molar-refractivity contribution < 1.29 is 12.8 Å². The topological polar surface area (TPSA) is 89.3 Å². The van der Waals surface area contributed by atoms with Crippen molar-refractivity contribution in [3.8, 4) is 0 Å². The predicted octanol–water partition coefficient (Wildman–Crippen LogP) is 1.37. The number of fused-ring (bicyclic) bond motifs is 1. The Hall–Kier alpha value is -2.55. The minimum absolute atomic E-state index is 0.156. The first kappa shape index (κ1) is 13.4. The van der Waals surface area contributed by atoms with Gasteiger partial charge in [0.25, 0.3) is 21.0 Å². The fraction of sp³-hybridized carbons (Fsp3) is 0.0833. The van der Waals surface area contributed by atoms with Crippen molar-refractivity contribution in [2.24, 2.45) is 0 Å². The lowest BCUT2D eigenvalue weighted by Crippen LogP contribution is -2.15. The second-order valence-corrected chi connectivity index (χ2v) is 5.87. The summed E-state index contributed by atoms with van der Waals surface area (Å²) in [6, 6.07) is 7.11. The highest BCUT2D eigenvalue weighted by atomic mass is 32.2. The maximum absolute atomic E-state index is 13.5. The maximum Gasteiger partial charge on any atom is 0.299 e. The Morgan fingerprint density at radius 1 is 1.19 bits per heavy atom. The van der Waals surface area contributed by atoms with Crippen LogP contribution in [-0.4, -0.2) is 28.0 Å². The van der Waals surface area contributed by atoms with Gasteiger partial charge in [-0.3, -0.25) is 4.72 Å². The molecule has 0 saturated carbocycles. The van der Waals surface area contributed by atoms with Crippen molar-refractivity contribution in [1.29, 1.82) is 0 Å². The first-order valence-electron chi connectivity index (χ1n) is 5.93. The average Bonchev–Trinajstić information content (AvgIpc) is 2.85. The summed E-state index contributed by atoms with van der Waals surface area (Å²) >= 11 is 0. The Bertz CT molecular complexity index is 922. The molecular formula is C12H10FN5O2S. The molecule has 7 nitrogen and oxygen atoms in total. The normalized spacial score (nSPS) is 11.7. The van der Waals surface area contributed by atoms with E-state index in [-0.39, 0.29) is 11.5 Å². The summed E-state index contributed by atoms with van der Waals surface area (Å²) < 4.78 is 41.2. The van der Waals surface area contributed by atoms with Gasteiger partial charge in [-0.25, -0.2) is 13.9 Å². The molecule has 0 amide bonds. The summed E-state index contributed by atoms with van der Waals surface area (Å²) in [6.45, 7) is 1.75. The SMILES string of the molecule is Cc1ccn2nc(S(=O)(=O)Nc3ccccc3F)nc2n1. The van der Waals surface area contributed by atoms with E-state index in [4.69, 9.17) is 0 Å². The van der Waals surface area contributed by atoms with Crippen LogP contribution in [0.5, 0.6) is 0 Å². The summed E-state index contributed by atoms with van der Waals surface area (Å²) in [5.41, 5.74) is 0.515. The van der Waals surface area contributed by atoms with Gasteiger partial charge in [-0.05, 0) is 25.1 Å². The number of halogens is 1. The van der Waals surface area contributed by atoms with Gasteiger partial charge >= 0.3 is 0 Å². The van der Waals surface area contributed by atoms with E-state index in [1.165, 1.54) is 22.7 Å². The second-order valence-electron chi connectivity index (χ2n) is 4.29. The minimum Gasteiger partial charge on any atom is -0.274 e. The van der Waals surface area contributed by atoms with Gasteiger partial charge in [0, 0.05) is 11.9 Å². The molecule has 0 saturated heterocycles. The number of anilines is 1. The molecule has 0 unspecified atom stereocenters. The van der Waals surface area contributed by atoms with Crippen LogP contribution >= 0.6 is 0 Å². The van der Waals surface area contributed by atoms with Crippen molar-refractivity contribution in [2.45, 2.75) is 12.1 Å². The number of nitrogens with zero attached hydrogens (tertiary/aromatic N) is 4. The van der Waals surface area contributed by atoms with Crippen LogP contribution in [0.1, 0.15) is 5.69 Å². The number of hydrogen-bond acceptors (Lipinski definition) is 5. The summed E-state index contributed by atoms with van der Waals surface area (Å²) in [5, 5.41) is 3.35. The lowest BCUT2D eigenvalue weighted by molar-refractivity contribution is 0.590.